The maximum Gasteiger partial charge on any atom is 0.259 e. The fourth-order valence-electron chi connectivity index (χ4n) is 4.68. The number of nitrogens with zero attached hydrogens (tertiary/aromatic N) is 3. The number of imide groups is 1. The average molecular weight is 454 g/mol. The minimum Gasteiger partial charge on any atom is -0.493 e. The molecule has 0 aliphatic carbocycles. The molecule has 8 heteroatoms. The molecule has 5 rings (SSSR count). The van der Waals surface area contributed by atoms with Gasteiger partial charge in [-0.1, -0.05) is 18.2 Å². The molecule has 1 N–H and O–H groups in total. The third-order valence-corrected chi connectivity index (χ3v) is 6.22. The number of hydrogen-bond acceptors (Lipinski definition) is 5. The maximum absolute atomic E-state index is 13.1. The maximum atomic E-state index is 13.1. The molecule has 0 saturated carbocycles. The van der Waals surface area contributed by atoms with Crippen molar-refractivity contribution in [1.82, 2.24) is 14.5 Å². The van der Waals surface area contributed by atoms with Crippen LogP contribution >= 0.6 is 0 Å². The van der Waals surface area contributed by atoms with Crippen LogP contribution in [0.3, 0.4) is 0 Å². The van der Waals surface area contributed by atoms with E-state index in [2.05, 4.69) is 11.4 Å². The van der Waals surface area contributed by atoms with Crippen LogP contribution in [0.15, 0.2) is 48.8 Å². The van der Waals surface area contributed by atoms with Crippen LogP contribution in [-0.2, 0) is 23.2 Å². The lowest BCUT2D eigenvalue weighted by molar-refractivity contribution is -0.122. The number of nitriles is 1. The molecule has 34 heavy (non-hydrogen) atoms. The fourth-order valence-corrected chi connectivity index (χ4v) is 4.68. The first-order valence-corrected chi connectivity index (χ1v) is 10.7. The van der Waals surface area contributed by atoms with Crippen LogP contribution < -0.4 is 14.8 Å². The van der Waals surface area contributed by atoms with Gasteiger partial charge < -0.3 is 18.6 Å². The van der Waals surface area contributed by atoms with Gasteiger partial charge in [-0.15, -0.1) is 0 Å². The molecule has 0 saturated heterocycles. The zero-order chi connectivity index (χ0) is 24.0. The second kappa shape index (κ2) is 8.12. The summed E-state index contributed by atoms with van der Waals surface area (Å²) in [6, 6.07) is 13.5. The average Bonchev–Trinajstić information content (AvgIpc) is 3.46. The molecule has 2 amide bonds. The number of amides is 2. The van der Waals surface area contributed by atoms with Crippen molar-refractivity contribution in [3.05, 3.63) is 59.9 Å². The highest BCUT2D eigenvalue weighted by Gasteiger charge is 2.35. The Morgan fingerprint density at radius 3 is 2.24 bits per heavy atom. The number of para-hydroxylation sites is 1. The zero-order valence-corrected chi connectivity index (χ0v) is 19.0. The van der Waals surface area contributed by atoms with Gasteiger partial charge in [0.1, 0.15) is 0 Å². The number of rotatable bonds is 6. The Bertz CT molecular complexity index is 1570. The predicted molar refractivity (Wildman–Crippen MR) is 128 cm³/mol. The van der Waals surface area contributed by atoms with E-state index in [1.807, 2.05) is 58.9 Å². The lowest BCUT2D eigenvalue weighted by Crippen LogP contribution is -2.22. The lowest BCUT2D eigenvalue weighted by atomic mass is 9.95. The standard InChI is InChI=1S/C26H22N4O4/c1-29-13-17(15-7-4-5-8-19(15)29)23-24(26(32)28-25(23)31)18-14-30(10-6-9-27)20-12-22(34-3)21(33-2)11-16(18)20/h4-5,7-8,11-14H,6,10H2,1-3H3,(H,28,31,32). The highest BCUT2D eigenvalue weighted by molar-refractivity contribution is 6.50. The van der Waals surface area contributed by atoms with Crippen LogP contribution in [0.4, 0.5) is 0 Å². The van der Waals surface area contributed by atoms with Crippen LogP contribution in [0.1, 0.15) is 17.5 Å². The number of fused-ring (bicyclic) bond motifs is 2. The van der Waals surface area contributed by atoms with E-state index in [4.69, 9.17) is 14.7 Å². The van der Waals surface area contributed by atoms with Gasteiger partial charge in [0, 0.05) is 59.5 Å². The number of nitrogens with one attached hydrogen (secondary N) is 1. The predicted octanol–water partition coefficient (Wildman–Crippen LogP) is 3.63. The van der Waals surface area contributed by atoms with Crippen molar-refractivity contribution in [3.8, 4) is 17.6 Å². The molecule has 0 bridgehead atoms. The zero-order valence-electron chi connectivity index (χ0n) is 19.0. The number of aryl methyl sites for hydroxylation is 2. The quantitative estimate of drug-likeness (QED) is 0.449. The molecule has 8 nitrogen and oxygen atoms in total. The van der Waals surface area contributed by atoms with Crippen LogP contribution in [0.2, 0.25) is 0 Å². The molecule has 1 aliphatic heterocycles. The monoisotopic (exact) mass is 454 g/mol. The highest BCUT2D eigenvalue weighted by atomic mass is 16.5. The molecular weight excluding hydrogens is 432 g/mol. The number of aromatic nitrogens is 2. The van der Waals surface area contributed by atoms with Gasteiger partial charge in [0.15, 0.2) is 11.5 Å². The van der Waals surface area contributed by atoms with Gasteiger partial charge in [0.25, 0.3) is 11.8 Å². The molecule has 2 aromatic heterocycles. The summed E-state index contributed by atoms with van der Waals surface area (Å²) in [7, 11) is 5.01. The van der Waals surface area contributed by atoms with E-state index in [-0.39, 0.29) is 6.42 Å². The Labute approximate surface area is 195 Å². The number of hydrogen-bond donors (Lipinski definition) is 1. The largest absolute Gasteiger partial charge is 0.493 e. The summed E-state index contributed by atoms with van der Waals surface area (Å²) >= 11 is 0. The van der Waals surface area contributed by atoms with E-state index >= 15 is 0 Å². The lowest BCUT2D eigenvalue weighted by Gasteiger charge is -2.09. The molecule has 4 aromatic rings. The van der Waals surface area contributed by atoms with Crippen molar-refractivity contribution in [2.75, 3.05) is 14.2 Å². The van der Waals surface area contributed by atoms with E-state index in [9.17, 15) is 9.59 Å². The van der Waals surface area contributed by atoms with Gasteiger partial charge in [-0.25, -0.2) is 0 Å². The SMILES string of the molecule is COc1cc2c(C3=C(c4cn(C)c5ccccc45)C(=O)NC3=O)cn(CCC#N)c2cc1OC. The van der Waals surface area contributed by atoms with Crippen molar-refractivity contribution >= 4 is 44.8 Å². The van der Waals surface area contributed by atoms with Crippen molar-refractivity contribution in [2.24, 2.45) is 7.05 Å². The van der Waals surface area contributed by atoms with Crippen molar-refractivity contribution in [1.29, 1.82) is 5.26 Å². The first-order valence-electron chi connectivity index (χ1n) is 10.7. The van der Waals surface area contributed by atoms with Crippen molar-refractivity contribution in [2.45, 2.75) is 13.0 Å². The van der Waals surface area contributed by atoms with E-state index < -0.39 is 11.8 Å². The summed E-state index contributed by atoms with van der Waals surface area (Å²) in [5, 5.41) is 13.2. The number of ether oxygens (including phenoxy) is 2. The Balaban J connectivity index is 1.84. The number of methoxy groups -OCH3 is 2. The minimum atomic E-state index is -0.456. The van der Waals surface area contributed by atoms with E-state index in [0.717, 1.165) is 21.8 Å². The summed E-state index contributed by atoms with van der Waals surface area (Å²) in [6.07, 6.45) is 3.98. The summed E-state index contributed by atoms with van der Waals surface area (Å²) in [5.41, 5.74) is 3.65. The van der Waals surface area contributed by atoms with Crippen molar-refractivity contribution < 1.29 is 19.1 Å². The Morgan fingerprint density at radius 2 is 1.56 bits per heavy atom. The molecule has 2 aromatic carbocycles. The van der Waals surface area contributed by atoms with Gasteiger partial charge in [-0.2, -0.15) is 5.26 Å². The summed E-state index contributed by atoms with van der Waals surface area (Å²) in [6.45, 7) is 0.426. The Morgan fingerprint density at radius 1 is 0.912 bits per heavy atom. The number of carbonyl (C=O) groups is 2. The molecule has 170 valence electrons. The number of benzene rings is 2. The molecule has 0 unspecified atom stereocenters. The normalized spacial score (nSPS) is 13.6. The number of carbonyl (C=O) groups excluding carboxylic acids is 2. The van der Waals surface area contributed by atoms with Gasteiger partial charge in [0.2, 0.25) is 0 Å². The van der Waals surface area contributed by atoms with E-state index in [0.29, 0.717) is 40.3 Å². The highest BCUT2D eigenvalue weighted by Crippen LogP contribution is 2.41. The molecular formula is C26H22N4O4. The second-order valence-electron chi connectivity index (χ2n) is 8.07. The third kappa shape index (κ3) is 3.13. The van der Waals surface area contributed by atoms with E-state index in [1.165, 1.54) is 0 Å². The fraction of sp³-hybridized carbons (Fsp3) is 0.192. The summed E-state index contributed by atoms with van der Waals surface area (Å²) in [4.78, 5) is 26.2. The topological polar surface area (TPSA) is 98.3 Å². The Kier molecular flexibility index (Phi) is 5.10. The first kappa shape index (κ1) is 21.3. The Hall–Kier alpha value is -4.51. The molecule has 0 spiro atoms. The minimum absolute atomic E-state index is 0.290. The van der Waals surface area contributed by atoms with Crippen LogP contribution in [0.5, 0.6) is 11.5 Å². The smallest absolute Gasteiger partial charge is 0.259 e. The third-order valence-electron chi connectivity index (χ3n) is 6.22. The molecule has 0 atom stereocenters. The second-order valence-corrected chi connectivity index (χ2v) is 8.07. The van der Waals surface area contributed by atoms with Gasteiger partial charge in [0.05, 0.1) is 43.4 Å². The van der Waals surface area contributed by atoms with Gasteiger partial charge in [-0.05, 0) is 12.1 Å². The first-order chi connectivity index (χ1) is 16.5. The van der Waals surface area contributed by atoms with Crippen LogP contribution in [-0.4, -0.2) is 35.2 Å². The van der Waals surface area contributed by atoms with E-state index in [1.54, 1.807) is 20.3 Å². The van der Waals surface area contributed by atoms with Crippen LogP contribution in [0.25, 0.3) is 33.0 Å². The summed E-state index contributed by atoms with van der Waals surface area (Å²) < 4.78 is 14.8. The molecule has 0 radical (unpaired) electrons. The molecule has 0 fully saturated rings. The van der Waals surface area contributed by atoms with Gasteiger partial charge >= 0.3 is 0 Å². The molecule has 1 aliphatic rings. The van der Waals surface area contributed by atoms with Gasteiger partial charge in [-0.3, -0.25) is 14.9 Å². The van der Waals surface area contributed by atoms with Crippen LogP contribution in [0, 0.1) is 11.3 Å². The van der Waals surface area contributed by atoms with Crippen molar-refractivity contribution in [3.63, 3.8) is 0 Å². The molecule has 3 heterocycles. The summed E-state index contributed by atoms with van der Waals surface area (Å²) in [5.74, 6) is 0.149.